The van der Waals surface area contributed by atoms with Crippen molar-refractivity contribution in [2.45, 2.75) is 38.8 Å². The maximum absolute atomic E-state index is 12.2. The predicted octanol–water partition coefficient (Wildman–Crippen LogP) is 4.71. The lowest BCUT2D eigenvalue weighted by atomic mass is 10.0. The van der Waals surface area contributed by atoms with Crippen LogP contribution in [0, 0.1) is 0 Å². The SMILES string of the molecule is CCc1ccc2c(CN3CCCC3c3cc(OC)ccc3OC)cc(=O)oc2c1. The minimum atomic E-state index is -0.296. The van der Waals surface area contributed by atoms with Crippen LogP contribution in [0.1, 0.15) is 42.5 Å². The van der Waals surface area contributed by atoms with Crippen molar-refractivity contribution in [2.24, 2.45) is 0 Å². The van der Waals surface area contributed by atoms with Gasteiger partial charge in [0.15, 0.2) is 0 Å². The molecule has 0 radical (unpaired) electrons. The van der Waals surface area contributed by atoms with Crippen LogP contribution in [0.15, 0.2) is 51.7 Å². The number of hydrogen-bond acceptors (Lipinski definition) is 5. The first-order valence-corrected chi connectivity index (χ1v) is 10.1. The first-order valence-electron chi connectivity index (χ1n) is 10.1. The van der Waals surface area contributed by atoms with Gasteiger partial charge in [-0.05, 0) is 61.2 Å². The molecule has 1 atom stereocenters. The number of ether oxygens (including phenoxy) is 2. The molecule has 3 aromatic rings. The third-order valence-corrected chi connectivity index (χ3v) is 5.84. The summed E-state index contributed by atoms with van der Waals surface area (Å²) in [6.45, 7) is 3.76. The zero-order chi connectivity index (χ0) is 20.4. The second kappa shape index (κ2) is 8.29. The van der Waals surface area contributed by atoms with E-state index in [0.29, 0.717) is 12.1 Å². The molecule has 4 rings (SSSR count). The number of fused-ring (bicyclic) bond motifs is 1. The molecule has 0 N–H and O–H groups in total. The van der Waals surface area contributed by atoms with Gasteiger partial charge < -0.3 is 13.9 Å². The van der Waals surface area contributed by atoms with E-state index in [1.807, 2.05) is 18.2 Å². The van der Waals surface area contributed by atoms with Gasteiger partial charge in [-0.3, -0.25) is 4.90 Å². The van der Waals surface area contributed by atoms with Gasteiger partial charge in [0.05, 0.1) is 14.2 Å². The van der Waals surface area contributed by atoms with E-state index >= 15 is 0 Å². The molecule has 1 aliphatic rings. The molecule has 1 aromatic heterocycles. The zero-order valence-electron chi connectivity index (χ0n) is 17.2. The molecular weight excluding hydrogens is 366 g/mol. The minimum Gasteiger partial charge on any atom is -0.497 e. The summed E-state index contributed by atoms with van der Waals surface area (Å²) < 4.78 is 16.5. The van der Waals surface area contributed by atoms with Gasteiger partial charge in [-0.25, -0.2) is 4.79 Å². The summed E-state index contributed by atoms with van der Waals surface area (Å²) in [7, 11) is 3.38. The topological polar surface area (TPSA) is 51.9 Å². The fourth-order valence-electron chi connectivity index (χ4n) is 4.31. The van der Waals surface area contributed by atoms with Crippen LogP contribution in [-0.2, 0) is 13.0 Å². The Hall–Kier alpha value is -2.79. The standard InChI is InChI=1S/C24H27NO4/c1-4-16-7-9-19-17(13-24(26)29-23(19)12-16)15-25-11-5-6-21(25)20-14-18(27-2)8-10-22(20)28-3/h7-10,12-14,21H,4-6,11,15H2,1-3H3. The molecule has 29 heavy (non-hydrogen) atoms. The van der Waals surface area contributed by atoms with Crippen LogP contribution in [0.2, 0.25) is 0 Å². The van der Waals surface area contributed by atoms with Gasteiger partial charge in [0, 0.05) is 29.6 Å². The quantitative estimate of drug-likeness (QED) is 0.568. The lowest BCUT2D eigenvalue weighted by Crippen LogP contribution is -2.24. The van der Waals surface area contributed by atoms with Crippen LogP contribution in [0.25, 0.3) is 11.0 Å². The first kappa shape index (κ1) is 19.5. The highest BCUT2D eigenvalue weighted by molar-refractivity contribution is 5.80. The van der Waals surface area contributed by atoms with Gasteiger partial charge in [-0.2, -0.15) is 0 Å². The molecule has 0 amide bonds. The van der Waals surface area contributed by atoms with Crippen LogP contribution in [0.4, 0.5) is 0 Å². The van der Waals surface area contributed by atoms with Gasteiger partial charge in [-0.15, -0.1) is 0 Å². The van der Waals surface area contributed by atoms with Crippen LogP contribution >= 0.6 is 0 Å². The molecule has 2 heterocycles. The average molecular weight is 393 g/mol. The first-order chi connectivity index (χ1) is 14.1. The highest BCUT2D eigenvalue weighted by atomic mass is 16.5. The Bertz CT molecular complexity index is 1070. The Kier molecular flexibility index (Phi) is 5.58. The predicted molar refractivity (Wildman–Crippen MR) is 114 cm³/mol. The smallest absolute Gasteiger partial charge is 0.336 e. The molecule has 0 aliphatic carbocycles. The monoisotopic (exact) mass is 393 g/mol. The summed E-state index contributed by atoms with van der Waals surface area (Å²) in [5.74, 6) is 1.69. The number of aryl methyl sites for hydroxylation is 1. The van der Waals surface area contributed by atoms with Crippen LogP contribution in [0.5, 0.6) is 11.5 Å². The maximum Gasteiger partial charge on any atom is 0.336 e. The van der Waals surface area contributed by atoms with Crippen molar-refractivity contribution in [2.75, 3.05) is 20.8 Å². The molecule has 2 aromatic carbocycles. The molecule has 0 bridgehead atoms. The molecule has 1 unspecified atom stereocenters. The van der Waals surface area contributed by atoms with Crippen LogP contribution in [0.3, 0.4) is 0 Å². The molecule has 1 fully saturated rings. The molecule has 0 saturated carbocycles. The van der Waals surface area contributed by atoms with Crippen molar-refractivity contribution in [1.29, 1.82) is 0 Å². The largest absolute Gasteiger partial charge is 0.497 e. The van der Waals surface area contributed by atoms with Crippen molar-refractivity contribution in [3.8, 4) is 11.5 Å². The van der Waals surface area contributed by atoms with Crippen molar-refractivity contribution in [1.82, 2.24) is 4.90 Å². The number of likely N-dealkylation sites (tertiary alicyclic amines) is 1. The number of methoxy groups -OCH3 is 2. The lowest BCUT2D eigenvalue weighted by molar-refractivity contribution is 0.243. The Morgan fingerprint density at radius 1 is 1.10 bits per heavy atom. The summed E-state index contributed by atoms with van der Waals surface area (Å²) in [6, 6.07) is 14.0. The van der Waals surface area contributed by atoms with E-state index in [-0.39, 0.29) is 11.7 Å². The number of nitrogens with zero attached hydrogens (tertiary/aromatic N) is 1. The van der Waals surface area contributed by atoms with E-state index in [1.54, 1.807) is 20.3 Å². The van der Waals surface area contributed by atoms with Crippen LogP contribution < -0.4 is 15.1 Å². The number of rotatable bonds is 6. The maximum atomic E-state index is 12.2. The zero-order valence-corrected chi connectivity index (χ0v) is 17.2. The average Bonchev–Trinajstić information content (AvgIpc) is 3.20. The van der Waals surface area contributed by atoms with E-state index in [0.717, 1.165) is 59.4 Å². The molecule has 152 valence electrons. The van der Waals surface area contributed by atoms with E-state index in [4.69, 9.17) is 13.9 Å². The van der Waals surface area contributed by atoms with Gasteiger partial charge in [0.25, 0.3) is 0 Å². The molecule has 1 aliphatic heterocycles. The Morgan fingerprint density at radius 2 is 1.97 bits per heavy atom. The lowest BCUT2D eigenvalue weighted by Gasteiger charge is -2.27. The van der Waals surface area contributed by atoms with E-state index < -0.39 is 0 Å². The van der Waals surface area contributed by atoms with Crippen molar-refractivity contribution in [3.05, 3.63) is 69.6 Å². The molecule has 5 nitrogen and oxygen atoms in total. The molecule has 0 spiro atoms. The van der Waals surface area contributed by atoms with E-state index in [2.05, 4.69) is 30.0 Å². The van der Waals surface area contributed by atoms with Crippen LogP contribution in [-0.4, -0.2) is 25.7 Å². The summed E-state index contributed by atoms with van der Waals surface area (Å²) in [5.41, 5.74) is 3.67. The third-order valence-electron chi connectivity index (χ3n) is 5.84. The highest BCUT2D eigenvalue weighted by Gasteiger charge is 2.29. The Labute approximate surface area is 170 Å². The van der Waals surface area contributed by atoms with Crippen molar-refractivity contribution < 1.29 is 13.9 Å². The fourth-order valence-corrected chi connectivity index (χ4v) is 4.31. The van der Waals surface area contributed by atoms with Crippen molar-refractivity contribution >= 4 is 11.0 Å². The minimum absolute atomic E-state index is 0.220. The normalized spacial score (nSPS) is 17.0. The van der Waals surface area contributed by atoms with Gasteiger partial charge in [0.2, 0.25) is 0 Å². The summed E-state index contributed by atoms with van der Waals surface area (Å²) in [6.07, 6.45) is 3.06. The molecule has 5 heteroatoms. The Balaban J connectivity index is 1.70. The van der Waals surface area contributed by atoms with E-state index in [9.17, 15) is 4.79 Å². The summed E-state index contributed by atoms with van der Waals surface area (Å²) in [5, 5.41) is 1.00. The number of hydrogen-bond donors (Lipinski definition) is 0. The molecular formula is C24H27NO4. The summed E-state index contributed by atoms with van der Waals surface area (Å²) in [4.78, 5) is 14.6. The summed E-state index contributed by atoms with van der Waals surface area (Å²) >= 11 is 0. The Morgan fingerprint density at radius 3 is 2.72 bits per heavy atom. The van der Waals surface area contributed by atoms with Crippen molar-refractivity contribution in [3.63, 3.8) is 0 Å². The number of benzene rings is 2. The molecule has 1 saturated heterocycles. The van der Waals surface area contributed by atoms with Gasteiger partial charge >= 0.3 is 5.63 Å². The van der Waals surface area contributed by atoms with Gasteiger partial charge in [0.1, 0.15) is 17.1 Å². The van der Waals surface area contributed by atoms with Gasteiger partial charge in [-0.1, -0.05) is 19.1 Å². The second-order valence-electron chi connectivity index (χ2n) is 7.51. The third kappa shape index (κ3) is 3.87. The highest BCUT2D eigenvalue weighted by Crippen LogP contribution is 2.40. The van der Waals surface area contributed by atoms with E-state index in [1.165, 1.54) is 0 Å². The second-order valence-corrected chi connectivity index (χ2v) is 7.51. The fraction of sp³-hybridized carbons (Fsp3) is 0.375.